The molecule has 0 radical (unpaired) electrons. The number of hydrogen-bond donors (Lipinski definition) is 1. The Morgan fingerprint density at radius 3 is 2.50 bits per heavy atom. The van der Waals surface area contributed by atoms with E-state index >= 15 is 0 Å². The Kier molecular flexibility index (Phi) is 4.17. The number of rotatable bonds is 3. The first-order chi connectivity index (χ1) is 8.56. The Morgan fingerprint density at radius 2 is 1.89 bits per heavy atom. The van der Waals surface area contributed by atoms with Gasteiger partial charge in [0.2, 0.25) is 0 Å². The van der Waals surface area contributed by atoms with E-state index in [1.54, 1.807) is 0 Å². The van der Waals surface area contributed by atoms with Crippen LogP contribution in [0.5, 0.6) is 11.5 Å². The first-order valence-electron chi connectivity index (χ1n) is 6.38. The summed E-state index contributed by atoms with van der Waals surface area (Å²) in [4.78, 5) is 0. The van der Waals surface area contributed by atoms with Crippen molar-refractivity contribution in [1.82, 2.24) is 0 Å². The van der Waals surface area contributed by atoms with Crippen LogP contribution in [0.3, 0.4) is 0 Å². The highest BCUT2D eigenvalue weighted by atomic mass is 79.9. The maximum absolute atomic E-state index is 5.83. The largest absolute Gasteiger partial charge is 0.486 e. The second kappa shape index (κ2) is 5.49. The van der Waals surface area contributed by atoms with Gasteiger partial charge in [-0.25, -0.2) is 0 Å². The van der Waals surface area contributed by atoms with E-state index in [4.69, 9.17) is 15.2 Å². The van der Waals surface area contributed by atoms with E-state index < -0.39 is 0 Å². The summed E-state index contributed by atoms with van der Waals surface area (Å²) in [5.74, 6) is 2.41. The van der Waals surface area contributed by atoms with E-state index in [-0.39, 0.29) is 0 Å². The van der Waals surface area contributed by atoms with Crippen molar-refractivity contribution in [1.29, 1.82) is 0 Å². The summed E-state index contributed by atoms with van der Waals surface area (Å²) in [6, 6.07) is 2.00. The minimum Gasteiger partial charge on any atom is -0.486 e. The van der Waals surface area contributed by atoms with Crippen LogP contribution in [0.15, 0.2) is 10.5 Å². The van der Waals surface area contributed by atoms with Crippen molar-refractivity contribution in [3.8, 4) is 11.5 Å². The fourth-order valence-corrected chi connectivity index (χ4v) is 3.20. The third kappa shape index (κ3) is 2.36. The second-order valence-corrected chi connectivity index (χ2v) is 5.86. The Bertz CT molecular complexity index is 446. The average molecular weight is 314 g/mol. The van der Waals surface area contributed by atoms with E-state index in [0.29, 0.717) is 31.6 Å². The second-order valence-electron chi connectivity index (χ2n) is 5.00. The summed E-state index contributed by atoms with van der Waals surface area (Å²) < 4.78 is 12.6. The molecule has 4 heteroatoms. The fraction of sp³-hybridized carbons (Fsp3) is 0.571. The fourth-order valence-electron chi connectivity index (χ4n) is 2.39. The van der Waals surface area contributed by atoms with E-state index in [1.165, 1.54) is 11.1 Å². The van der Waals surface area contributed by atoms with Gasteiger partial charge in [-0.1, -0.05) is 36.7 Å². The van der Waals surface area contributed by atoms with Gasteiger partial charge >= 0.3 is 0 Å². The van der Waals surface area contributed by atoms with Crippen molar-refractivity contribution in [2.75, 3.05) is 19.8 Å². The molecule has 0 bridgehead atoms. The maximum Gasteiger partial charge on any atom is 0.165 e. The van der Waals surface area contributed by atoms with Crippen LogP contribution in [0.4, 0.5) is 0 Å². The molecule has 0 aliphatic carbocycles. The van der Waals surface area contributed by atoms with Gasteiger partial charge in [0.1, 0.15) is 13.2 Å². The molecule has 1 unspecified atom stereocenters. The smallest absolute Gasteiger partial charge is 0.165 e. The number of ether oxygens (including phenoxy) is 2. The van der Waals surface area contributed by atoms with E-state index in [1.807, 2.05) is 6.07 Å². The molecular formula is C14H20BrNO2. The Hall–Kier alpha value is -0.740. The Balaban J connectivity index is 2.64. The highest BCUT2D eigenvalue weighted by molar-refractivity contribution is 9.10. The lowest BCUT2D eigenvalue weighted by Gasteiger charge is -2.27. The molecule has 1 aromatic rings. The van der Waals surface area contributed by atoms with Crippen LogP contribution in [0.1, 0.15) is 43.7 Å². The summed E-state index contributed by atoms with van der Waals surface area (Å²) in [5, 5.41) is 0. The monoisotopic (exact) mass is 313 g/mol. The first-order valence-corrected chi connectivity index (χ1v) is 7.17. The molecule has 0 aromatic heterocycles. The van der Waals surface area contributed by atoms with Crippen LogP contribution in [0.2, 0.25) is 0 Å². The van der Waals surface area contributed by atoms with Crippen LogP contribution < -0.4 is 15.2 Å². The Morgan fingerprint density at radius 1 is 1.22 bits per heavy atom. The lowest BCUT2D eigenvalue weighted by atomic mass is 9.88. The van der Waals surface area contributed by atoms with Gasteiger partial charge in [-0.3, -0.25) is 0 Å². The van der Waals surface area contributed by atoms with Crippen molar-refractivity contribution in [3.05, 3.63) is 21.7 Å². The lowest BCUT2D eigenvalue weighted by molar-refractivity contribution is 0.169. The van der Waals surface area contributed by atoms with Crippen LogP contribution in [0.25, 0.3) is 0 Å². The maximum atomic E-state index is 5.83. The zero-order chi connectivity index (χ0) is 13.3. The molecule has 2 N–H and O–H groups in total. The highest BCUT2D eigenvalue weighted by Gasteiger charge is 2.25. The minimum atomic E-state index is 0.299. The van der Waals surface area contributed by atoms with Crippen LogP contribution in [-0.2, 0) is 0 Å². The van der Waals surface area contributed by atoms with Gasteiger partial charge in [0.15, 0.2) is 11.5 Å². The van der Waals surface area contributed by atoms with Gasteiger partial charge in [-0.2, -0.15) is 0 Å². The molecule has 18 heavy (non-hydrogen) atoms. The van der Waals surface area contributed by atoms with Gasteiger partial charge < -0.3 is 15.2 Å². The average Bonchev–Trinajstić information content (AvgIpc) is 2.35. The van der Waals surface area contributed by atoms with Gasteiger partial charge in [-0.05, 0) is 30.0 Å². The topological polar surface area (TPSA) is 44.5 Å². The van der Waals surface area contributed by atoms with Crippen LogP contribution in [-0.4, -0.2) is 19.8 Å². The molecule has 1 atom stereocenters. The van der Waals surface area contributed by atoms with Gasteiger partial charge in [-0.15, -0.1) is 0 Å². The molecular weight excluding hydrogens is 294 g/mol. The normalized spacial score (nSPS) is 15.9. The summed E-state index contributed by atoms with van der Waals surface area (Å²) >= 11 is 3.64. The van der Waals surface area contributed by atoms with Gasteiger partial charge in [0.25, 0.3) is 0 Å². The standard InChI is InChI=1S/C14H20BrNO2/c1-8(2)12-13(9(3)7-16)10(15)6-11-14(12)18-5-4-17-11/h6,8-9H,4-5,7,16H2,1-3H3. The van der Waals surface area contributed by atoms with Crippen molar-refractivity contribution >= 4 is 15.9 Å². The first kappa shape index (κ1) is 13.7. The molecule has 0 fully saturated rings. The molecule has 0 saturated carbocycles. The summed E-state index contributed by atoms with van der Waals surface area (Å²) in [5.41, 5.74) is 8.29. The number of hydrogen-bond acceptors (Lipinski definition) is 3. The number of halogens is 1. The Labute approximate surface area is 117 Å². The van der Waals surface area contributed by atoms with E-state index in [9.17, 15) is 0 Å². The molecule has 2 rings (SSSR count). The lowest BCUT2D eigenvalue weighted by Crippen LogP contribution is -2.20. The van der Waals surface area contributed by atoms with Crippen molar-refractivity contribution < 1.29 is 9.47 Å². The predicted molar refractivity (Wildman–Crippen MR) is 76.7 cm³/mol. The molecule has 100 valence electrons. The summed E-state index contributed by atoms with van der Waals surface area (Å²) in [6.07, 6.45) is 0. The van der Waals surface area contributed by atoms with Crippen molar-refractivity contribution in [2.45, 2.75) is 32.6 Å². The molecule has 0 amide bonds. The van der Waals surface area contributed by atoms with E-state index in [0.717, 1.165) is 16.0 Å². The zero-order valence-corrected chi connectivity index (χ0v) is 12.7. The molecule has 1 aliphatic rings. The highest BCUT2D eigenvalue weighted by Crippen LogP contribution is 2.45. The molecule has 1 heterocycles. The SMILES string of the molecule is CC(C)c1c2c(cc(Br)c1C(C)CN)OCCO2. The third-order valence-corrected chi connectivity index (χ3v) is 3.94. The summed E-state index contributed by atoms with van der Waals surface area (Å²) in [6.45, 7) is 8.34. The number of nitrogens with two attached hydrogens (primary N) is 1. The molecule has 0 saturated heterocycles. The van der Waals surface area contributed by atoms with Crippen LogP contribution >= 0.6 is 15.9 Å². The number of benzene rings is 1. The molecule has 3 nitrogen and oxygen atoms in total. The van der Waals surface area contributed by atoms with Gasteiger partial charge in [0.05, 0.1) is 0 Å². The minimum absolute atomic E-state index is 0.299. The van der Waals surface area contributed by atoms with Crippen LogP contribution in [0, 0.1) is 0 Å². The predicted octanol–water partition coefficient (Wildman–Crippen LogP) is 3.41. The van der Waals surface area contributed by atoms with Crippen molar-refractivity contribution in [2.24, 2.45) is 5.73 Å². The quantitative estimate of drug-likeness (QED) is 0.930. The van der Waals surface area contributed by atoms with E-state index in [2.05, 4.69) is 36.7 Å². The molecule has 0 spiro atoms. The summed E-state index contributed by atoms with van der Waals surface area (Å²) in [7, 11) is 0. The number of fused-ring (bicyclic) bond motifs is 1. The molecule has 1 aliphatic heterocycles. The zero-order valence-electron chi connectivity index (χ0n) is 11.1. The van der Waals surface area contributed by atoms with Crippen molar-refractivity contribution in [3.63, 3.8) is 0 Å². The van der Waals surface area contributed by atoms with Gasteiger partial charge in [0, 0.05) is 10.0 Å². The molecule has 1 aromatic carbocycles. The third-order valence-electron chi connectivity index (χ3n) is 3.28.